The van der Waals surface area contributed by atoms with Crippen molar-refractivity contribution in [1.29, 1.82) is 0 Å². The molecule has 0 atom stereocenters. The van der Waals surface area contributed by atoms with Gasteiger partial charge in [-0.15, -0.1) is 0 Å². The molecule has 2 nitrogen and oxygen atoms in total. The van der Waals surface area contributed by atoms with Crippen LogP contribution in [0.2, 0.25) is 0 Å². The first-order valence-electron chi connectivity index (χ1n) is 30.0. The van der Waals surface area contributed by atoms with Crippen LogP contribution in [0.1, 0.15) is 120 Å². The van der Waals surface area contributed by atoms with Crippen LogP contribution < -0.4 is 4.90 Å². The van der Waals surface area contributed by atoms with Crippen molar-refractivity contribution < 1.29 is 0 Å². The number of aromatic nitrogens is 1. The fourth-order valence-electron chi connectivity index (χ4n) is 13.9. The van der Waals surface area contributed by atoms with Crippen molar-refractivity contribution >= 4 is 51.0 Å². The van der Waals surface area contributed by atoms with Gasteiger partial charge in [0.15, 0.2) is 0 Å². The van der Waals surface area contributed by atoms with E-state index in [1.54, 1.807) is 0 Å². The van der Waals surface area contributed by atoms with Crippen molar-refractivity contribution in [2.24, 2.45) is 0 Å². The Hall–Kier alpha value is -8.72. The molecule has 0 saturated carbocycles. The molecule has 0 unspecified atom stereocenters. The van der Waals surface area contributed by atoms with Gasteiger partial charge in [-0.2, -0.15) is 0 Å². The fraction of sp³-hybridized carbons (Fsp3) is 0.200. The summed E-state index contributed by atoms with van der Waals surface area (Å²) >= 11 is 0. The molecule has 1 heterocycles. The Balaban J connectivity index is 0.893. The van der Waals surface area contributed by atoms with E-state index in [0.717, 1.165) is 36.8 Å². The highest BCUT2D eigenvalue weighted by molar-refractivity contribution is 6.11. The average Bonchev–Trinajstić information content (AvgIpc) is 4.17. The van der Waals surface area contributed by atoms with Gasteiger partial charge in [-0.25, -0.2) is 0 Å². The zero-order chi connectivity index (χ0) is 56.3. The minimum atomic E-state index is -0.308. The molecule has 11 aromatic rings. The standard InChI is InChI=1S/C80H74N2/c1-9-13-15-57-27-33-63(34-28-57)81(64-35-29-58(30-36-64)16-14-10-2)65-37-41-67-68-42-38-66(50-74(68)79(7,8)73(67)49-65)82-77-43-18-53(5)45-71(77)72-47-61(32-44-78(72)82)62-31-40-70-69-39-17-54(6)46-75(69)80(76(70)48-62,51-59-23-19-55(11-3)20-24-59)52-60-25-21-56(12-4)22-26-60/h11-12,17-50H,3-4,9-10,13-16,51-52H2,1-2,5-8H3. The molecule has 0 bridgehead atoms. The first-order chi connectivity index (χ1) is 40.0. The third-order valence-electron chi connectivity index (χ3n) is 18.4. The number of unbranched alkanes of at least 4 members (excludes halogenated alkanes) is 2. The third kappa shape index (κ3) is 9.23. The Bertz CT molecular complexity index is 4130. The van der Waals surface area contributed by atoms with Gasteiger partial charge < -0.3 is 9.47 Å². The Morgan fingerprint density at radius 1 is 0.415 bits per heavy atom. The van der Waals surface area contributed by atoms with E-state index in [0.29, 0.717) is 0 Å². The maximum Gasteiger partial charge on any atom is 0.0541 e. The molecule has 0 spiro atoms. The topological polar surface area (TPSA) is 8.17 Å². The van der Waals surface area contributed by atoms with Crippen LogP contribution in [0.4, 0.5) is 17.1 Å². The third-order valence-corrected chi connectivity index (χ3v) is 18.4. The molecule has 2 aliphatic carbocycles. The van der Waals surface area contributed by atoms with Gasteiger partial charge in [0.2, 0.25) is 0 Å². The molecule has 0 saturated heterocycles. The summed E-state index contributed by atoms with van der Waals surface area (Å²) in [5, 5.41) is 2.53. The van der Waals surface area contributed by atoms with E-state index in [2.05, 4.69) is 270 Å². The normalized spacial score (nSPS) is 13.4. The van der Waals surface area contributed by atoms with Crippen LogP contribution in [-0.2, 0) is 36.5 Å². The molecule has 0 amide bonds. The summed E-state index contributed by atoms with van der Waals surface area (Å²) in [6, 6.07) is 79.7. The van der Waals surface area contributed by atoms with Crippen LogP contribution in [0.25, 0.3) is 73.0 Å². The number of hydrogen-bond acceptors (Lipinski definition) is 1. The zero-order valence-corrected chi connectivity index (χ0v) is 48.8. The molecule has 13 rings (SSSR count). The van der Waals surface area contributed by atoms with E-state index >= 15 is 0 Å². The summed E-state index contributed by atoms with van der Waals surface area (Å²) in [5.74, 6) is 0. The van der Waals surface area contributed by atoms with Crippen LogP contribution in [0.5, 0.6) is 0 Å². The zero-order valence-electron chi connectivity index (χ0n) is 48.8. The smallest absolute Gasteiger partial charge is 0.0541 e. The van der Waals surface area contributed by atoms with Crippen molar-refractivity contribution in [2.75, 3.05) is 4.90 Å². The van der Waals surface area contributed by atoms with Crippen LogP contribution in [0.3, 0.4) is 0 Å². The number of nitrogens with zero attached hydrogens (tertiary/aromatic N) is 2. The Morgan fingerprint density at radius 2 is 0.854 bits per heavy atom. The summed E-state index contributed by atoms with van der Waals surface area (Å²) in [5.41, 5.74) is 30.1. The number of fused-ring (bicyclic) bond motifs is 9. The molecule has 2 aliphatic rings. The van der Waals surface area contributed by atoms with Crippen LogP contribution in [-0.4, -0.2) is 4.57 Å². The number of anilines is 3. The van der Waals surface area contributed by atoms with Gasteiger partial charge in [-0.1, -0.05) is 204 Å². The van der Waals surface area contributed by atoms with E-state index in [9.17, 15) is 0 Å². The predicted molar refractivity (Wildman–Crippen MR) is 352 cm³/mol. The summed E-state index contributed by atoms with van der Waals surface area (Å²) in [6.07, 6.45) is 12.6. The molecule has 82 heavy (non-hydrogen) atoms. The SMILES string of the molecule is C=Cc1ccc(CC2(Cc3ccc(C=C)cc3)c3cc(C)ccc3-c3ccc(-c4ccc5c(c4)c4cc(C)ccc4n5-c4ccc5c(c4)C(C)(C)c4cc(N(c6ccc(CCCC)cc6)c6ccc(CCCC)cc6)ccc4-5)cc32)cc1. The van der Waals surface area contributed by atoms with Crippen molar-refractivity contribution in [2.45, 2.75) is 104 Å². The van der Waals surface area contributed by atoms with E-state index in [4.69, 9.17) is 0 Å². The molecule has 0 fully saturated rings. The second-order valence-corrected chi connectivity index (χ2v) is 24.2. The lowest BCUT2D eigenvalue weighted by molar-refractivity contribution is 0.520. The Kier molecular flexibility index (Phi) is 13.7. The molecule has 404 valence electrons. The van der Waals surface area contributed by atoms with Gasteiger partial charge >= 0.3 is 0 Å². The predicted octanol–water partition coefficient (Wildman–Crippen LogP) is 21.6. The first kappa shape index (κ1) is 52.6. The molecule has 0 radical (unpaired) electrons. The van der Waals surface area contributed by atoms with Gasteiger partial charge in [0.05, 0.1) is 11.0 Å². The molecule has 10 aromatic carbocycles. The summed E-state index contributed by atoms with van der Waals surface area (Å²) in [7, 11) is 0. The Labute approximate surface area is 486 Å². The van der Waals surface area contributed by atoms with Gasteiger partial charge in [-0.3, -0.25) is 0 Å². The maximum atomic E-state index is 4.06. The quantitative estimate of drug-likeness (QED) is 0.0882. The van der Waals surface area contributed by atoms with Crippen molar-refractivity contribution in [3.05, 3.63) is 286 Å². The largest absolute Gasteiger partial charge is 0.310 e. The monoisotopic (exact) mass is 1060 g/mol. The van der Waals surface area contributed by atoms with E-state index in [1.807, 2.05) is 12.2 Å². The second kappa shape index (κ2) is 21.3. The van der Waals surface area contributed by atoms with E-state index in [-0.39, 0.29) is 10.8 Å². The van der Waals surface area contributed by atoms with Crippen molar-refractivity contribution in [3.8, 4) is 39.1 Å². The highest BCUT2D eigenvalue weighted by Crippen LogP contribution is 2.55. The summed E-state index contributed by atoms with van der Waals surface area (Å²) in [4.78, 5) is 2.46. The highest BCUT2D eigenvalue weighted by Gasteiger charge is 2.44. The lowest BCUT2D eigenvalue weighted by Crippen LogP contribution is -2.31. The van der Waals surface area contributed by atoms with E-state index < -0.39 is 0 Å². The molecule has 0 N–H and O–H groups in total. The van der Waals surface area contributed by atoms with E-state index in [1.165, 1.54) is 159 Å². The van der Waals surface area contributed by atoms with Gasteiger partial charge in [0.1, 0.15) is 0 Å². The lowest BCUT2D eigenvalue weighted by atomic mass is 9.69. The average molecular weight is 1060 g/mol. The number of benzene rings is 10. The van der Waals surface area contributed by atoms with Crippen LogP contribution in [0, 0.1) is 13.8 Å². The lowest BCUT2D eigenvalue weighted by Gasteiger charge is -2.33. The van der Waals surface area contributed by atoms with Gasteiger partial charge in [0, 0.05) is 44.4 Å². The molecule has 2 heteroatoms. The maximum absolute atomic E-state index is 4.06. The fourth-order valence-corrected chi connectivity index (χ4v) is 13.9. The first-order valence-corrected chi connectivity index (χ1v) is 30.0. The highest BCUT2D eigenvalue weighted by atomic mass is 15.1. The van der Waals surface area contributed by atoms with Gasteiger partial charge in [0.25, 0.3) is 0 Å². The van der Waals surface area contributed by atoms with Crippen molar-refractivity contribution in [3.63, 3.8) is 0 Å². The molecule has 0 aliphatic heterocycles. The van der Waals surface area contributed by atoms with Gasteiger partial charge in [-0.05, 0) is 220 Å². The van der Waals surface area contributed by atoms with Crippen molar-refractivity contribution in [1.82, 2.24) is 4.57 Å². The minimum Gasteiger partial charge on any atom is -0.310 e. The number of hydrogen-bond donors (Lipinski definition) is 0. The molecular formula is C80H74N2. The summed E-state index contributed by atoms with van der Waals surface area (Å²) < 4.78 is 2.51. The number of rotatable bonds is 17. The molecular weight excluding hydrogens is 989 g/mol. The minimum absolute atomic E-state index is 0.246. The summed E-state index contributed by atoms with van der Waals surface area (Å²) in [6.45, 7) is 22.0. The van der Waals surface area contributed by atoms with Crippen LogP contribution in [0.15, 0.2) is 219 Å². The second-order valence-electron chi connectivity index (χ2n) is 24.2. The number of aryl methyl sites for hydroxylation is 4. The van der Waals surface area contributed by atoms with Crippen LogP contribution >= 0.6 is 0 Å². The molecule has 1 aromatic heterocycles. The Morgan fingerprint density at radius 3 is 1.44 bits per heavy atom.